The highest BCUT2D eigenvalue weighted by Crippen LogP contribution is 2.41. The second-order valence-electron chi connectivity index (χ2n) is 12.2. The molecule has 240 valence electrons. The molecule has 0 unspecified atom stereocenters. The van der Waals surface area contributed by atoms with Crippen LogP contribution in [-0.4, -0.2) is 88.9 Å². The summed E-state index contributed by atoms with van der Waals surface area (Å²) in [5.74, 6) is 0.704. The van der Waals surface area contributed by atoms with E-state index >= 15 is 0 Å². The summed E-state index contributed by atoms with van der Waals surface area (Å²) in [6.07, 6.45) is 0.842. The summed E-state index contributed by atoms with van der Waals surface area (Å²) < 4.78 is 7.54. The van der Waals surface area contributed by atoms with Gasteiger partial charge < -0.3 is 24.4 Å². The van der Waals surface area contributed by atoms with E-state index in [-0.39, 0.29) is 17.7 Å². The number of benzene rings is 2. The number of imidazole rings is 1. The van der Waals surface area contributed by atoms with Crippen LogP contribution in [0.2, 0.25) is 10.0 Å². The van der Waals surface area contributed by atoms with E-state index in [0.29, 0.717) is 70.4 Å². The highest BCUT2D eigenvalue weighted by atomic mass is 35.5. The predicted molar refractivity (Wildman–Crippen MR) is 180 cm³/mol. The zero-order valence-electron chi connectivity index (χ0n) is 26.6. The molecule has 0 spiro atoms. The molecular weight excluding hydrogens is 625 g/mol. The summed E-state index contributed by atoms with van der Waals surface area (Å²) in [6, 6.07) is 15.1. The average molecular weight is 663 g/mol. The predicted octanol–water partition coefficient (Wildman–Crippen LogP) is 5.22. The van der Waals surface area contributed by atoms with Crippen LogP contribution in [0.4, 0.5) is 5.69 Å². The Kier molecular flexibility index (Phi) is 9.07. The number of likely N-dealkylation sites (N-methyl/N-ethyl adjacent to an activating group) is 1. The summed E-state index contributed by atoms with van der Waals surface area (Å²) in [7, 11) is 9.09. The molecule has 0 radical (unpaired) electrons. The first kappa shape index (κ1) is 32.0. The molecule has 6 rings (SSSR count). The average Bonchev–Trinajstić information content (AvgIpc) is 3.35. The standard InChI is InChI=1S/C34H37Cl2N7O3/c1-40(2)34(45)21-17-43(18-21)16-20-12-13-25(39-33(20)46-5)24-10-6-8-22(29(24)35)23-9-7-11-26(30(23)36)38-32(44)31-37-27-19-41(3)15-14-28(27)42(31)4/h6-13,21H,14-19H2,1-5H3,(H,38,44). The molecule has 2 amide bonds. The van der Waals surface area contributed by atoms with Gasteiger partial charge in [0.1, 0.15) is 0 Å². The van der Waals surface area contributed by atoms with Gasteiger partial charge in [-0.25, -0.2) is 9.97 Å². The third-order valence-electron chi connectivity index (χ3n) is 8.73. The van der Waals surface area contributed by atoms with Crippen molar-refractivity contribution in [2.75, 3.05) is 53.2 Å². The summed E-state index contributed by atoms with van der Waals surface area (Å²) in [5, 5.41) is 3.81. The Balaban J connectivity index is 1.22. The normalized spacial score (nSPS) is 15.3. The number of nitrogens with one attached hydrogen (secondary N) is 1. The first-order chi connectivity index (χ1) is 22.0. The summed E-state index contributed by atoms with van der Waals surface area (Å²) >= 11 is 13.9. The van der Waals surface area contributed by atoms with Crippen LogP contribution in [0.5, 0.6) is 5.88 Å². The number of pyridine rings is 1. The topological polar surface area (TPSA) is 95.8 Å². The van der Waals surface area contributed by atoms with Gasteiger partial charge >= 0.3 is 0 Å². The molecule has 4 aromatic rings. The van der Waals surface area contributed by atoms with Crippen LogP contribution in [0.3, 0.4) is 0 Å². The molecule has 10 nitrogen and oxygen atoms in total. The minimum absolute atomic E-state index is 0.0239. The SMILES string of the molecule is COc1nc(-c2cccc(-c3cccc(NC(=O)c4nc5c(n4C)CCN(C)C5)c3Cl)c2Cl)ccc1CN1CC(C(=O)N(C)C)C1. The fourth-order valence-electron chi connectivity index (χ4n) is 6.19. The number of carbonyl (C=O) groups excluding carboxylic acids is 2. The second kappa shape index (κ2) is 13.0. The molecule has 0 atom stereocenters. The summed E-state index contributed by atoms with van der Waals surface area (Å²) in [5.41, 5.74) is 6.16. The van der Waals surface area contributed by atoms with Crippen LogP contribution < -0.4 is 10.1 Å². The molecule has 1 fully saturated rings. The van der Waals surface area contributed by atoms with E-state index in [1.54, 1.807) is 32.2 Å². The van der Waals surface area contributed by atoms with E-state index in [2.05, 4.69) is 20.1 Å². The lowest BCUT2D eigenvalue weighted by Crippen LogP contribution is -2.52. The van der Waals surface area contributed by atoms with Crippen LogP contribution in [0.15, 0.2) is 48.5 Å². The van der Waals surface area contributed by atoms with E-state index in [9.17, 15) is 9.59 Å². The minimum Gasteiger partial charge on any atom is -0.481 e. The molecule has 2 aliphatic rings. The molecule has 2 aliphatic heterocycles. The third-order valence-corrected chi connectivity index (χ3v) is 9.55. The number of hydrogen-bond acceptors (Lipinski definition) is 7. The Bertz CT molecular complexity index is 1820. The van der Waals surface area contributed by atoms with Crippen molar-refractivity contribution in [1.29, 1.82) is 0 Å². The smallest absolute Gasteiger partial charge is 0.291 e. The van der Waals surface area contributed by atoms with Crippen LogP contribution in [0, 0.1) is 5.92 Å². The third kappa shape index (κ3) is 6.10. The lowest BCUT2D eigenvalue weighted by Gasteiger charge is -2.39. The van der Waals surface area contributed by atoms with Crippen molar-refractivity contribution in [2.45, 2.75) is 19.5 Å². The molecule has 0 bridgehead atoms. The van der Waals surface area contributed by atoms with Gasteiger partial charge in [0.15, 0.2) is 5.82 Å². The van der Waals surface area contributed by atoms with Crippen molar-refractivity contribution in [3.63, 3.8) is 0 Å². The van der Waals surface area contributed by atoms with Gasteiger partial charge in [0.25, 0.3) is 5.91 Å². The van der Waals surface area contributed by atoms with Gasteiger partial charge in [0.05, 0.1) is 40.1 Å². The number of likely N-dealkylation sites (tertiary alicyclic amines) is 1. The highest BCUT2D eigenvalue weighted by molar-refractivity contribution is 6.39. The lowest BCUT2D eigenvalue weighted by molar-refractivity contribution is -0.138. The van der Waals surface area contributed by atoms with Crippen LogP contribution >= 0.6 is 23.2 Å². The second-order valence-corrected chi connectivity index (χ2v) is 12.9. The largest absolute Gasteiger partial charge is 0.481 e. The van der Waals surface area contributed by atoms with Gasteiger partial charge in [0.2, 0.25) is 11.8 Å². The number of fused-ring (bicyclic) bond motifs is 1. The Labute approximate surface area is 278 Å². The maximum absolute atomic E-state index is 13.4. The number of ether oxygens (including phenoxy) is 1. The van der Waals surface area contributed by atoms with E-state index in [0.717, 1.165) is 35.5 Å². The van der Waals surface area contributed by atoms with Crippen molar-refractivity contribution in [3.8, 4) is 28.3 Å². The van der Waals surface area contributed by atoms with Crippen molar-refractivity contribution in [2.24, 2.45) is 13.0 Å². The van der Waals surface area contributed by atoms with Crippen LogP contribution in [0.25, 0.3) is 22.4 Å². The molecule has 0 saturated carbocycles. The number of anilines is 1. The van der Waals surface area contributed by atoms with Crippen LogP contribution in [0.1, 0.15) is 27.6 Å². The van der Waals surface area contributed by atoms with E-state index in [4.69, 9.17) is 32.9 Å². The number of halogens is 2. The lowest BCUT2D eigenvalue weighted by atomic mass is 9.97. The van der Waals surface area contributed by atoms with Gasteiger partial charge in [-0.2, -0.15) is 0 Å². The molecule has 12 heteroatoms. The Morgan fingerprint density at radius 1 is 0.978 bits per heavy atom. The Morgan fingerprint density at radius 2 is 1.67 bits per heavy atom. The molecular formula is C34H37Cl2N7O3. The fraction of sp³-hybridized carbons (Fsp3) is 0.353. The number of aromatic nitrogens is 3. The molecule has 2 aromatic heterocycles. The minimum atomic E-state index is -0.326. The molecule has 1 N–H and O–H groups in total. The summed E-state index contributed by atoms with van der Waals surface area (Å²) in [6.45, 7) is 3.68. The maximum atomic E-state index is 13.4. The maximum Gasteiger partial charge on any atom is 0.291 e. The first-order valence-electron chi connectivity index (χ1n) is 15.1. The fourth-order valence-corrected chi connectivity index (χ4v) is 6.79. The number of amides is 2. The van der Waals surface area contributed by atoms with Gasteiger partial charge in [-0.1, -0.05) is 59.6 Å². The summed E-state index contributed by atoms with van der Waals surface area (Å²) in [4.78, 5) is 41.1. The van der Waals surface area contributed by atoms with Crippen molar-refractivity contribution in [3.05, 3.63) is 81.4 Å². The Morgan fingerprint density at radius 3 is 2.39 bits per heavy atom. The van der Waals surface area contributed by atoms with Gasteiger partial charge in [-0.15, -0.1) is 0 Å². The first-order valence-corrected chi connectivity index (χ1v) is 15.9. The quantitative estimate of drug-likeness (QED) is 0.276. The van der Waals surface area contributed by atoms with Gasteiger partial charge in [-0.3, -0.25) is 14.5 Å². The van der Waals surface area contributed by atoms with Crippen molar-refractivity contribution < 1.29 is 14.3 Å². The van der Waals surface area contributed by atoms with Gasteiger partial charge in [0, 0.05) is 88.2 Å². The number of carbonyl (C=O) groups is 2. The molecule has 4 heterocycles. The van der Waals surface area contributed by atoms with E-state index in [1.807, 2.05) is 61.1 Å². The number of rotatable bonds is 8. The van der Waals surface area contributed by atoms with Crippen molar-refractivity contribution in [1.82, 2.24) is 29.2 Å². The van der Waals surface area contributed by atoms with Crippen LogP contribution in [-0.2, 0) is 31.4 Å². The molecule has 46 heavy (non-hydrogen) atoms. The molecule has 1 saturated heterocycles. The van der Waals surface area contributed by atoms with E-state index in [1.165, 1.54) is 0 Å². The monoisotopic (exact) mass is 661 g/mol. The zero-order valence-corrected chi connectivity index (χ0v) is 28.1. The van der Waals surface area contributed by atoms with Crippen molar-refractivity contribution >= 4 is 40.7 Å². The van der Waals surface area contributed by atoms with Gasteiger partial charge in [-0.05, 0) is 19.2 Å². The zero-order chi connectivity index (χ0) is 32.7. The number of nitrogens with zero attached hydrogens (tertiary/aromatic N) is 6. The molecule has 0 aliphatic carbocycles. The number of methoxy groups -OCH3 is 1. The van der Waals surface area contributed by atoms with E-state index < -0.39 is 0 Å². The Hall–Kier alpha value is -3.96. The number of hydrogen-bond donors (Lipinski definition) is 1. The highest BCUT2D eigenvalue weighted by Gasteiger charge is 2.34. The molecule has 2 aromatic carbocycles.